The number of benzene rings is 1. The van der Waals surface area contributed by atoms with Crippen molar-refractivity contribution in [3.8, 4) is 5.75 Å². The van der Waals surface area contributed by atoms with Crippen LogP contribution in [0.1, 0.15) is 30.1 Å². The van der Waals surface area contributed by atoms with Gasteiger partial charge in [-0.05, 0) is 25.1 Å². The lowest BCUT2D eigenvalue weighted by atomic mass is 10.1. The predicted molar refractivity (Wildman–Crippen MR) is 69.1 cm³/mol. The molecule has 2 rings (SSSR count). The molecule has 0 saturated carbocycles. The molecule has 20 heavy (non-hydrogen) atoms. The van der Waals surface area contributed by atoms with E-state index in [-0.39, 0.29) is 5.56 Å². The van der Waals surface area contributed by atoms with Crippen molar-refractivity contribution in [2.75, 3.05) is 6.61 Å². The van der Waals surface area contributed by atoms with E-state index in [9.17, 15) is 18.0 Å². The molecule has 0 bridgehead atoms. The first-order chi connectivity index (χ1) is 9.40. The van der Waals surface area contributed by atoms with Crippen molar-refractivity contribution in [1.29, 1.82) is 0 Å². The van der Waals surface area contributed by atoms with E-state index in [1.807, 2.05) is 6.92 Å². The van der Waals surface area contributed by atoms with E-state index in [1.54, 1.807) is 18.2 Å². The number of ketones is 1. The molecule has 0 radical (unpaired) electrons. The van der Waals surface area contributed by atoms with Crippen LogP contribution in [0.25, 0.3) is 10.9 Å². The fraction of sp³-hybridized carbons (Fsp3) is 0.357. The zero-order chi connectivity index (χ0) is 14.8. The van der Waals surface area contributed by atoms with E-state index in [0.29, 0.717) is 23.3 Å². The molecule has 0 aliphatic carbocycles. The smallest absolute Gasteiger partial charge is 0.389 e. The van der Waals surface area contributed by atoms with Crippen LogP contribution in [0, 0.1) is 0 Å². The van der Waals surface area contributed by atoms with Gasteiger partial charge >= 0.3 is 6.18 Å². The average molecular weight is 285 g/mol. The molecule has 0 unspecified atom stereocenters. The van der Waals surface area contributed by atoms with Crippen LogP contribution in [-0.2, 0) is 0 Å². The van der Waals surface area contributed by atoms with Crippen molar-refractivity contribution in [3.63, 3.8) is 0 Å². The number of aromatic amines is 1. The molecule has 0 saturated heterocycles. The van der Waals surface area contributed by atoms with Crippen LogP contribution in [0.3, 0.4) is 0 Å². The number of rotatable bonds is 5. The summed E-state index contributed by atoms with van der Waals surface area (Å²) in [5.74, 6) is 0.0618. The van der Waals surface area contributed by atoms with Gasteiger partial charge in [0.2, 0.25) is 0 Å². The zero-order valence-electron chi connectivity index (χ0n) is 10.9. The minimum Gasteiger partial charge on any atom is -0.494 e. The third-order valence-corrected chi connectivity index (χ3v) is 2.90. The summed E-state index contributed by atoms with van der Waals surface area (Å²) in [6.07, 6.45) is -4.53. The van der Waals surface area contributed by atoms with Crippen LogP contribution in [-0.4, -0.2) is 23.6 Å². The molecule has 3 nitrogen and oxygen atoms in total. The first kappa shape index (κ1) is 14.4. The molecule has 0 amide bonds. The molecule has 0 aliphatic heterocycles. The summed E-state index contributed by atoms with van der Waals surface area (Å²) < 4.78 is 41.8. The Bertz CT molecular complexity index is 616. The maximum absolute atomic E-state index is 12.2. The third-order valence-electron chi connectivity index (χ3n) is 2.90. The van der Waals surface area contributed by atoms with Gasteiger partial charge in [-0.1, -0.05) is 0 Å². The number of hydrogen-bond donors (Lipinski definition) is 1. The number of fused-ring (bicyclic) bond motifs is 1. The van der Waals surface area contributed by atoms with Crippen molar-refractivity contribution in [3.05, 3.63) is 30.0 Å². The van der Waals surface area contributed by atoms with Gasteiger partial charge in [-0.2, -0.15) is 13.2 Å². The highest BCUT2D eigenvalue weighted by atomic mass is 19.4. The summed E-state index contributed by atoms with van der Waals surface area (Å²) in [7, 11) is 0. The summed E-state index contributed by atoms with van der Waals surface area (Å²) in [5, 5.41) is 0.586. The monoisotopic (exact) mass is 285 g/mol. The van der Waals surface area contributed by atoms with Gasteiger partial charge in [0.1, 0.15) is 5.75 Å². The predicted octanol–water partition coefficient (Wildman–Crippen LogP) is 4.09. The van der Waals surface area contributed by atoms with Crippen LogP contribution in [0.5, 0.6) is 5.75 Å². The minimum absolute atomic E-state index is 0.269. The fourth-order valence-electron chi connectivity index (χ4n) is 1.98. The normalized spacial score (nSPS) is 11.8. The van der Waals surface area contributed by atoms with Gasteiger partial charge in [-0.3, -0.25) is 4.79 Å². The van der Waals surface area contributed by atoms with Gasteiger partial charge in [0.15, 0.2) is 5.78 Å². The quantitative estimate of drug-likeness (QED) is 0.841. The van der Waals surface area contributed by atoms with Gasteiger partial charge in [0.05, 0.1) is 13.0 Å². The third kappa shape index (κ3) is 3.31. The van der Waals surface area contributed by atoms with E-state index < -0.39 is 24.8 Å². The Hall–Kier alpha value is -1.98. The number of carbonyl (C=O) groups excluding carboxylic acids is 1. The molecule has 6 heteroatoms. The number of Topliss-reactive ketones (excluding diaryl/α,β-unsaturated/α-hetero) is 1. The molecule has 108 valence electrons. The van der Waals surface area contributed by atoms with E-state index >= 15 is 0 Å². The molecule has 0 fully saturated rings. The molecule has 0 spiro atoms. The largest absolute Gasteiger partial charge is 0.494 e. The number of nitrogens with one attached hydrogen (secondary N) is 1. The maximum Gasteiger partial charge on any atom is 0.389 e. The van der Waals surface area contributed by atoms with Crippen LogP contribution in [0.2, 0.25) is 0 Å². The second kappa shape index (κ2) is 5.56. The Morgan fingerprint density at radius 2 is 2.10 bits per heavy atom. The maximum atomic E-state index is 12.2. The highest BCUT2D eigenvalue weighted by Gasteiger charge is 2.28. The van der Waals surface area contributed by atoms with Gasteiger partial charge in [-0.25, -0.2) is 0 Å². The van der Waals surface area contributed by atoms with Gasteiger partial charge in [-0.15, -0.1) is 0 Å². The van der Waals surface area contributed by atoms with E-state index in [0.717, 1.165) is 0 Å². The van der Waals surface area contributed by atoms with Crippen LogP contribution in [0.4, 0.5) is 13.2 Å². The second-order valence-electron chi connectivity index (χ2n) is 4.38. The zero-order valence-corrected chi connectivity index (χ0v) is 10.9. The van der Waals surface area contributed by atoms with Crippen LogP contribution < -0.4 is 4.74 Å². The van der Waals surface area contributed by atoms with E-state index in [4.69, 9.17) is 4.74 Å². The van der Waals surface area contributed by atoms with Crippen LogP contribution >= 0.6 is 0 Å². The fourth-order valence-corrected chi connectivity index (χ4v) is 1.98. The number of H-pyrrole nitrogens is 1. The topological polar surface area (TPSA) is 42.1 Å². The lowest BCUT2D eigenvalue weighted by Gasteiger charge is -2.05. The molecule has 0 aliphatic rings. The molecular weight excluding hydrogens is 271 g/mol. The van der Waals surface area contributed by atoms with Crippen molar-refractivity contribution >= 4 is 16.7 Å². The summed E-state index contributed by atoms with van der Waals surface area (Å²) in [4.78, 5) is 14.8. The molecule has 1 aromatic carbocycles. The van der Waals surface area contributed by atoms with Gasteiger partial charge in [0.25, 0.3) is 0 Å². The Labute approximate surface area is 113 Å². The Morgan fingerprint density at radius 3 is 2.75 bits per heavy atom. The SMILES string of the molecule is CCOc1ccc2[nH]cc(C(=O)CCC(F)(F)F)c2c1. The Morgan fingerprint density at radius 1 is 1.35 bits per heavy atom. The van der Waals surface area contributed by atoms with Crippen molar-refractivity contribution in [2.45, 2.75) is 25.9 Å². The molecule has 1 N–H and O–H groups in total. The Balaban J connectivity index is 2.25. The van der Waals surface area contributed by atoms with Gasteiger partial charge < -0.3 is 9.72 Å². The number of aromatic nitrogens is 1. The minimum atomic E-state index is -4.32. The highest BCUT2D eigenvalue weighted by Crippen LogP contribution is 2.27. The number of halogens is 3. The summed E-state index contributed by atoms with van der Waals surface area (Å²) >= 11 is 0. The van der Waals surface area contributed by atoms with Crippen molar-refractivity contribution in [2.24, 2.45) is 0 Å². The number of hydrogen-bond acceptors (Lipinski definition) is 2. The average Bonchev–Trinajstić information content (AvgIpc) is 2.78. The molecular formula is C14H14F3NO2. The number of carbonyl (C=O) groups is 1. The first-order valence-electron chi connectivity index (χ1n) is 6.24. The van der Waals surface area contributed by atoms with E-state index in [2.05, 4.69) is 4.98 Å². The van der Waals surface area contributed by atoms with E-state index in [1.165, 1.54) is 6.20 Å². The summed E-state index contributed by atoms with van der Waals surface area (Å²) in [5.41, 5.74) is 0.967. The lowest BCUT2D eigenvalue weighted by molar-refractivity contribution is -0.133. The van der Waals surface area contributed by atoms with Gasteiger partial charge in [0, 0.05) is 29.1 Å². The summed E-state index contributed by atoms with van der Waals surface area (Å²) in [6, 6.07) is 5.14. The van der Waals surface area contributed by atoms with Crippen molar-refractivity contribution in [1.82, 2.24) is 4.98 Å². The molecule has 0 atom stereocenters. The van der Waals surface area contributed by atoms with Crippen molar-refractivity contribution < 1.29 is 22.7 Å². The van der Waals surface area contributed by atoms with Crippen LogP contribution in [0.15, 0.2) is 24.4 Å². The highest BCUT2D eigenvalue weighted by molar-refractivity contribution is 6.08. The standard InChI is InChI=1S/C14H14F3NO2/c1-2-20-9-3-4-12-10(7-9)11(8-18-12)13(19)5-6-14(15,16)17/h3-4,7-8,18H,2,5-6H2,1H3. The first-order valence-corrected chi connectivity index (χ1v) is 6.24. The second-order valence-corrected chi connectivity index (χ2v) is 4.38. The number of ether oxygens (including phenoxy) is 1. The summed E-state index contributed by atoms with van der Waals surface area (Å²) in [6.45, 7) is 2.31. The Kier molecular flexibility index (Phi) is 4.01. The molecule has 1 heterocycles. The number of alkyl halides is 3. The lowest BCUT2D eigenvalue weighted by Crippen LogP contribution is -2.10. The molecule has 1 aromatic heterocycles. The molecule has 2 aromatic rings.